The van der Waals surface area contributed by atoms with E-state index in [1.165, 1.54) is 0 Å². The molecule has 2 aromatic heterocycles. The van der Waals surface area contributed by atoms with Crippen molar-refractivity contribution in [3.05, 3.63) is 60.2 Å². The van der Waals surface area contributed by atoms with E-state index < -0.39 is 0 Å². The summed E-state index contributed by atoms with van der Waals surface area (Å²) < 4.78 is 11.7. The number of carbonyl (C=O) groups is 2. The first-order valence-corrected chi connectivity index (χ1v) is 12.3. The SMILES string of the molecule is O=C(CN1CCN(CC(=O)N2N=C(c3cc4ccccc4o3)C[C@@H]2c2ccco2)CC1)NC1CC1. The summed E-state index contributed by atoms with van der Waals surface area (Å²) in [7, 11) is 0. The van der Waals surface area contributed by atoms with E-state index >= 15 is 0 Å². The van der Waals surface area contributed by atoms with Gasteiger partial charge in [-0.1, -0.05) is 18.2 Å². The number of furan rings is 2. The topological polar surface area (TPSA) is 94.5 Å². The minimum atomic E-state index is -0.298. The zero-order chi connectivity index (χ0) is 23.8. The summed E-state index contributed by atoms with van der Waals surface area (Å²) in [6.45, 7) is 3.71. The molecule has 2 aliphatic heterocycles. The van der Waals surface area contributed by atoms with Crippen molar-refractivity contribution in [3.63, 3.8) is 0 Å². The van der Waals surface area contributed by atoms with Crippen LogP contribution in [0.25, 0.3) is 11.0 Å². The molecule has 9 nitrogen and oxygen atoms in total. The Morgan fingerprint density at radius 3 is 2.49 bits per heavy atom. The number of hydrogen-bond acceptors (Lipinski definition) is 7. The number of nitrogens with one attached hydrogen (secondary N) is 1. The number of hydrazone groups is 1. The first-order chi connectivity index (χ1) is 17.1. The van der Waals surface area contributed by atoms with E-state index in [1.54, 1.807) is 11.3 Å². The fourth-order valence-corrected chi connectivity index (χ4v) is 4.79. The number of rotatable bonds is 7. The number of para-hydroxylation sites is 1. The molecule has 0 bridgehead atoms. The number of benzene rings is 1. The minimum Gasteiger partial charge on any atom is -0.467 e. The standard InChI is InChI=1S/C26H29N5O4/c32-25(27-19-7-8-19)16-29-9-11-30(12-10-29)17-26(33)31-21(23-6-3-13-34-23)15-20(28-31)24-14-18-4-1-2-5-22(18)35-24/h1-6,13-14,19,21H,7-12,15-17H2,(H,27,32)/t21-/m1/s1. The zero-order valence-electron chi connectivity index (χ0n) is 19.6. The van der Waals surface area contributed by atoms with Crippen LogP contribution in [0, 0.1) is 0 Å². The van der Waals surface area contributed by atoms with E-state index in [0.717, 1.165) is 55.7 Å². The van der Waals surface area contributed by atoms with Gasteiger partial charge in [0.2, 0.25) is 5.91 Å². The molecule has 1 aliphatic carbocycles. The molecule has 1 saturated heterocycles. The molecule has 2 fully saturated rings. The van der Waals surface area contributed by atoms with E-state index in [0.29, 0.717) is 30.5 Å². The normalized spacial score (nSPS) is 21.4. The molecule has 6 rings (SSSR count). The molecular weight excluding hydrogens is 446 g/mol. The van der Waals surface area contributed by atoms with Gasteiger partial charge in [0.1, 0.15) is 23.1 Å². The second-order valence-corrected chi connectivity index (χ2v) is 9.56. The second kappa shape index (κ2) is 9.31. The Morgan fingerprint density at radius 1 is 1.00 bits per heavy atom. The molecule has 9 heteroatoms. The molecule has 3 aliphatic rings. The van der Waals surface area contributed by atoms with Crippen LogP contribution in [0.1, 0.15) is 36.8 Å². The quantitative estimate of drug-likeness (QED) is 0.565. The first-order valence-electron chi connectivity index (χ1n) is 12.3. The molecule has 3 aromatic rings. The van der Waals surface area contributed by atoms with Crippen molar-refractivity contribution >= 4 is 28.5 Å². The van der Waals surface area contributed by atoms with Crippen molar-refractivity contribution in [1.29, 1.82) is 0 Å². The Morgan fingerprint density at radius 2 is 1.77 bits per heavy atom. The Labute approximate surface area is 203 Å². The maximum atomic E-state index is 13.4. The van der Waals surface area contributed by atoms with E-state index in [2.05, 4.69) is 15.1 Å². The molecule has 0 spiro atoms. The second-order valence-electron chi connectivity index (χ2n) is 9.56. The Bertz CT molecular complexity index is 1200. The summed E-state index contributed by atoms with van der Waals surface area (Å²) in [6.07, 6.45) is 4.34. The van der Waals surface area contributed by atoms with Gasteiger partial charge in [-0.05, 0) is 37.1 Å². The lowest BCUT2D eigenvalue weighted by molar-refractivity contribution is -0.135. The predicted octanol–water partition coefficient (Wildman–Crippen LogP) is 2.60. The third-order valence-electron chi connectivity index (χ3n) is 6.88. The van der Waals surface area contributed by atoms with Gasteiger partial charge in [-0.15, -0.1) is 0 Å². The van der Waals surface area contributed by atoms with E-state index in [9.17, 15) is 9.59 Å². The molecule has 182 valence electrons. The van der Waals surface area contributed by atoms with Gasteiger partial charge in [-0.25, -0.2) is 5.01 Å². The molecule has 1 saturated carbocycles. The number of piperazine rings is 1. The van der Waals surface area contributed by atoms with Crippen LogP contribution in [0.15, 0.2) is 62.7 Å². The Kier molecular flexibility index (Phi) is 5.87. The molecule has 2 amide bonds. The molecule has 1 atom stereocenters. The Balaban J connectivity index is 1.12. The number of hydrogen-bond donors (Lipinski definition) is 1. The van der Waals surface area contributed by atoms with Gasteiger partial charge >= 0.3 is 0 Å². The first kappa shape index (κ1) is 22.1. The van der Waals surface area contributed by atoms with E-state index in [4.69, 9.17) is 13.9 Å². The summed E-state index contributed by atoms with van der Waals surface area (Å²) in [5, 5.41) is 10.3. The number of carbonyl (C=O) groups excluding carboxylic acids is 2. The fourth-order valence-electron chi connectivity index (χ4n) is 4.79. The van der Waals surface area contributed by atoms with Gasteiger partial charge in [0.15, 0.2) is 5.76 Å². The highest BCUT2D eigenvalue weighted by Crippen LogP contribution is 2.34. The van der Waals surface area contributed by atoms with Crippen LogP contribution in [0.2, 0.25) is 0 Å². The van der Waals surface area contributed by atoms with Crippen molar-refractivity contribution in [3.8, 4) is 0 Å². The average molecular weight is 476 g/mol. The molecule has 35 heavy (non-hydrogen) atoms. The van der Waals surface area contributed by atoms with Gasteiger partial charge in [-0.3, -0.25) is 19.4 Å². The van der Waals surface area contributed by atoms with E-state index in [-0.39, 0.29) is 24.4 Å². The van der Waals surface area contributed by atoms with Crippen molar-refractivity contribution in [2.45, 2.75) is 31.3 Å². The summed E-state index contributed by atoms with van der Waals surface area (Å²) in [5.74, 6) is 1.41. The third kappa shape index (κ3) is 4.87. The van der Waals surface area contributed by atoms with Crippen LogP contribution < -0.4 is 5.32 Å². The maximum Gasteiger partial charge on any atom is 0.257 e. The zero-order valence-corrected chi connectivity index (χ0v) is 19.6. The lowest BCUT2D eigenvalue weighted by atomic mass is 10.1. The van der Waals surface area contributed by atoms with Gasteiger partial charge < -0.3 is 14.2 Å². The number of amides is 2. The van der Waals surface area contributed by atoms with Gasteiger partial charge in [0, 0.05) is 44.0 Å². The van der Waals surface area contributed by atoms with E-state index in [1.807, 2.05) is 42.5 Å². The summed E-state index contributed by atoms with van der Waals surface area (Å²) in [4.78, 5) is 29.8. The molecule has 0 radical (unpaired) electrons. The highest BCUT2D eigenvalue weighted by Gasteiger charge is 2.37. The fraction of sp³-hybridized carbons (Fsp3) is 0.423. The molecular formula is C26H29N5O4. The van der Waals surface area contributed by atoms with Crippen LogP contribution in [0.4, 0.5) is 0 Å². The van der Waals surface area contributed by atoms with Crippen molar-refractivity contribution in [1.82, 2.24) is 20.1 Å². The minimum absolute atomic E-state index is 0.0718. The third-order valence-corrected chi connectivity index (χ3v) is 6.88. The smallest absolute Gasteiger partial charge is 0.257 e. The number of nitrogens with zero attached hydrogens (tertiary/aromatic N) is 4. The van der Waals surface area contributed by atoms with Gasteiger partial charge in [-0.2, -0.15) is 5.10 Å². The summed E-state index contributed by atoms with van der Waals surface area (Å²) in [6, 6.07) is 13.6. The van der Waals surface area contributed by atoms with Crippen LogP contribution in [-0.4, -0.2) is 77.6 Å². The summed E-state index contributed by atoms with van der Waals surface area (Å²) in [5.41, 5.74) is 1.54. The average Bonchev–Trinajstić information content (AvgIpc) is 3.25. The largest absolute Gasteiger partial charge is 0.467 e. The highest BCUT2D eigenvalue weighted by atomic mass is 16.3. The van der Waals surface area contributed by atoms with Gasteiger partial charge in [0.25, 0.3) is 5.91 Å². The van der Waals surface area contributed by atoms with Crippen molar-refractivity contribution < 1.29 is 18.4 Å². The van der Waals surface area contributed by atoms with Crippen molar-refractivity contribution in [2.75, 3.05) is 39.3 Å². The van der Waals surface area contributed by atoms with Gasteiger partial charge in [0.05, 0.1) is 19.4 Å². The Hall–Kier alpha value is -3.43. The monoisotopic (exact) mass is 475 g/mol. The molecule has 0 unspecified atom stereocenters. The maximum absolute atomic E-state index is 13.4. The highest BCUT2D eigenvalue weighted by molar-refractivity contribution is 6.03. The molecule has 1 aromatic carbocycles. The van der Waals surface area contributed by atoms with Crippen LogP contribution in [0.5, 0.6) is 0 Å². The van der Waals surface area contributed by atoms with Crippen LogP contribution in [-0.2, 0) is 9.59 Å². The van der Waals surface area contributed by atoms with Crippen LogP contribution >= 0.6 is 0 Å². The van der Waals surface area contributed by atoms with Crippen molar-refractivity contribution in [2.24, 2.45) is 5.10 Å². The molecule has 4 heterocycles. The molecule has 1 N–H and O–H groups in total. The van der Waals surface area contributed by atoms with Crippen LogP contribution in [0.3, 0.4) is 0 Å². The summed E-state index contributed by atoms with van der Waals surface area (Å²) >= 11 is 0. The number of fused-ring (bicyclic) bond motifs is 1. The lowest BCUT2D eigenvalue weighted by Crippen LogP contribution is -2.51. The predicted molar refractivity (Wildman–Crippen MR) is 130 cm³/mol. The lowest BCUT2D eigenvalue weighted by Gasteiger charge is -2.34.